The Bertz CT molecular complexity index is 570. The van der Waals surface area contributed by atoms with Crippen LogP contribution in [0.5, 0.6) is 0 Å². The van der Waals surface area contributed by atoms with Crippen LogP contribution < -0.4 is 0 Å². The van der Waals surface area contributed by atoms with Crippen molar-refractivity contribution >= 4 is 5.78 Å². The van der Waals surface area contributed by atoms with Crippen molar-refractivity contribution in [1.29, 1.82) is 0 Å². The summed E-state index contributed by atoms with van der Waals surface area (Å²) in [6.07, 6.45) is 9.49. The van der Waals surface area contributed by atoms with E-state index < -0.39 is 0 Å². The summed E-state index contributed by atoms with van der Waals surface area (Å²) in [7, 11) is 0. The number of ketones is 1. The zero-order chi connectivity index (χ0) is 16.2. The van der Waals surface area contributed by atoms with E-state index in [1.54, 1.807) is 0 Å². The first-order valence-electron chi connectivity index (χ1n) is 9.99. The normalized spacial score (nSPS) is 63.7. The van der Waals surface area contributed by atoms with Crippen LogP contribution in [0.2, 0.25) is 0 Å². The number of rotatable bonds is 0. The highest BCUT2D eigenvalue weighted by atomic mass is 16.6. The molecule has 0 radical (unpaired) electrons. The van der Waals surface area contributed by atoms with E-state index in [0.717, 1.165) is 37.0 Å². The van der Waals surface area contributed by atoms with Gasteiger partial charge in [0.05, 0.1) is 12.2 Å². The highest BCUT2D eigenvalue weighted by Crippen LogP contribution is 2.73. The molecule has 0 aromatic carbocycles. The Morgan fingerprint density at radius 1 is 1.04 bits per heavy atom. The van der Waals surface area contributed by atoms with Crippen molar-refractivity contribution in [2.24, 2.45) is 39.9 Å². The standard InChI is InChI=1S/C21H32O2/c1-12-13-7-9-21(4)17(19(13,2)11-16-18(12)23-16)6-5-14-15(22)8-10-20(14,21)3/h12-14,16-18H,5-11H2,1-4H3/t12-,13-,14-,16+,17-,18-,19-,20-,21-/m0/s1. The smallest absolute Gasteiger partial charge is 0.136 e. The Labute approximate surface area is 140 Å². The molecular weight excluding hydrogens is 284 g/mol. The lowest BCUT2D eigenvalue weighted by atomic mass is 9.37. The van der Waals surface area contributed by atoms with Crippen molar-refractivity contribution in [2.45, 2.75) is 84.8 Å². The first-order chi connectivity index (χ1) is 10.8. The van der Waals surface area contributed by atoms with E-state index in [2.05, 4.69) is 27.7 Å². The van der Waals surface area contributed by atoms with Crippen LogP contribution in [-0.4, -0.2) is 18.0 Å². The molecule has 2 heteroatoms. The Kier molecular flexibility index (Phi) is 2.75. The lowest BCUT2D eigenvalue weighted by Crippen LogP contribution is -2.61. The van der Waals surface area contributed by atoms with Gasteiger partial charge in [0.15, 0.2) is 0 Å². The number of carbonyl (C=O) groups excluding carboxylic acids is 1. The third-order valence-electron chi connectivity index (χ3n) is 9.90. The number of fused-ring (bicyclic) bond motifs is 6. The van der Waals surface area contributed by atoms with Crippen molar-refractivity contribution in [3.05, 3.63) is 0 Å². The Balaban J connectivity index is 1.57. The molecule has 4 saturated carbocycles. The minimum absolute atomic E-state index is 0.255. The van der Waals surface area contributed by atoms with E-state index in [9.17, 15) is 4.79 Å². The maximum Gasteiger partial charge on any atom is 0.136 e. The molecule has 23 heavy (non-hydrogen) atoms. The number of Topliss-reactive ketones (excluding diaryl/α,β-unsaturated/α-hetero) is 1. The van der Waals surface area contributed by atoms with Crippen molar-refractivity contribution in [3.8, 4) is 0 Å². The number of hydrogen-bond acceptors (Lipinski definition) is 2. The average molecular weight is 316 g/mol. The SMILES string of the molecule is C[C@@H]1[C@@H]2O[C@@H]2C[C@@]2(C)[C@H]1CC[C@@]1(C)[C@H]2CC[C@H]2C(=O)CC[C@@]21C. The fraction of sp³-hybridized carbons (Fsp3) is 0.952. The summed E-state index contributed by atoms with van der Waals surface area (Å²) in [6.45, 7) is 10.1. The first-order valence-corrected chi connectivity index (χ1v) is 9.99. The molecular formula is C21H32O2. The molecule has 0 unspecified atom stereocenters. The van der Waals surface area contributed by atoms with Gasteiger partial charge in [0, 0.05) is 12.3 Å². The second kappa shape index (κ2) is 4.23. The predicted molar refractivity (Wildman–Crippen MR) is 89.9 cm³/mol. The summed E-state index contributed by atoms with van der Waals surface area (Å²) in [5, 5.41) is 0. The molecule has 5 aliphatic rings. The van der Waals surface area contributed by atoms with Gasteiger partial charge in [0.1, 0.15) is 5.78 Å². The van der Waals surface area contributed by atoms with Gasteiger partial charge in [-0.15, -0.1) is 0 Å². The van der Waals surface area contributed by atoms with E-state index in [-0.39, 0.29) is 5.41 Å². The molecule has 0 aromatic heterocycles. The maximum atomic E-state index is 12.5. The highest BCUT2D eigenvalue weighted by Gasteiger charge is 2.69. The highest BCUT2D eigenvalue weighted by molar-refractivity contribution is 5.84. The number of ether oxygens (including phenoxy) is 1. The van der Waals surface area contributed by atoms with Crippen molar-refractivity contribution in [1.82, 2.24) is 0 Å². The molecule has 5 fully saturated rings. The fourth-order valence-electron chi connectivity index (χ4n) is 8.46. The van der Waals surface area contributed by atoms with E-state index in [1.165, 1.54) is 25.7 Å². The minimum Gasteiger partial charge on any atom is -0.369 e. The van der Waals surface area contributed by atoms with E-state index in [0.29, 0.717) is 34.7 Å². The lowest BCUT2D eigenvalue weighted by molar-refractivity contribution is -0.183. The number of carbonyl (C=O) groups is 1. The summed E-state index contributed by atoms with van der Waals surface area (Å²) in [6, 6.07) is 0. The molecule has 1 heterocycles. The molecule has 2 nitrogen and oxygen atoms in total. The molecule has 0 amide bonds. The van der Waals surface area contributed by atoms with Crippen LogP contribution in [0.15, 0.2) is 0 Å². The molecule has 0 aromatic rings. The van der Waals surface area contributed by atoms with E-state index in [1.807, 2.05) is 0 Å². The molecule has 1 saturated heterocycles. The largest absolute Gasteiger partial charge is 0.369 e. The summed E-state index contributed by atoms with van der Waals surface area (Å²) >= 11 is 0. The Morgan fingerprint density at radius 2 is 1.83 bits per heavy atom. The van der Waals surface area contributed by atoms with Gasteiger partial charge < -0.3 is 4.74 Å². The zero-order valence-corrected chi connectivity index (χ0v) is 15.2. The minimum atomic E-state index is 0.255. The lowest BCUT2D eigenvalue weighted by Gasteiger charge is -2.66. The van der Waals surface area contributed by atoms with Crippen molar-refractivity contribution in [3.63, 3.8) is 0 Å². The summed E-state index contributed by atoms with van der Waals surface area (Å²) in [5.41, 5.74) is 1.05. The van der Waals surface area contributed by atoms with Crippen molar-refractivity contribution < 1.29 is 9.53 Å². The van der Waals surface area contributed by atoms with Crippen LogP contribution in [-0.2, 0) is 9.53 Å². The maximum absolute atomic E-state index is 12.5. The van der Waals surface area contributed by atoms with Gasteiger partial charge in [-0.25, -0.2) is 0 Å². The van der Waals surface area contributed by atoms with Gasteiger partial charge in [-0.1, -0.05) is 27.7 Å². The van der Waals surface area contributed by atoms with E-state index >= 15 is 0 Å². The third-order valence-corrected chi connectivity index (χ3v) is 9.90. The topological polar surface area (TPSA) is 29.6 Å². The molecule has 128 valence electrons. The van der Waals surface area contributed by atoms with Gasteiger partial charge in [-0.3, -0.25) is 4.79 Å². The second-order valence-electron chi connectivity index (χ2n) is 10.3. The van der Waals surface area contributed by atoms with Crippen molar-refractivity contribution in [2.75, 3.05) is 0 Å². The molecule has 1 aliphatic heterocycles. The molecule has 4 aliphatic carbocycles. The fourth-order valence-corrected chi connectivity index (χ4v) is 8.46. The van der Waals surface area contributed by atoms with Gasteiger partial charge in [-0.05, 0) is 72.5 Å². The predicted octanol–water partition coefficient (Wildman–Crippen LogP) is 4.61. The van der Waals surface area contributed by atoms with Gasteiger partial charge in [0.2, 0.25) is 0 Å². The first kappa shape index (κ1) is 14.9. The zero-order valence-electron chi connectivity index (χ0n) is 15.2. The van der Waals surface area contributed by atoms with Crippen LogP contribution >= 0.6 is 0 Å². The van der Waals surface area contributed by atoms with Crippen LogP contribution in [0.3, 0.4) is 0 Å². The second-order valence-corrected chi connectivity index (χ2v) is 10.3. The van der Waals surface area contributed by atoms with Crippen LogP contribution in [0.4, 0.5) is 0 Å². The monoisotopic (exact) mass is 316 g/mol. The van der Waals surface area contributed by atoms with E-state index in [4.69, 9.17) is 4.74 Å². The molecule has 0 bridgehead atoms. The third kappa shape index (κ3) is 1.58. The summed E-state index contributed by atoms with van der Waals surface area (Å²) in [5.74, 6) is 3.28. The van der Waals surface area contributed by atoms with Crippen LogP contribution in [0.1, 0.15) is 72.6 Å². The molecule has 9 atom stereocenters. The molecule has 0 spiro atoms. The summed E-state index contributed by atoms with van der Waals surface area (Å²) in [4.78, 5) is 12.5. The Hall–Kier alpha value is -0.370. The van der Waals surface area contributed by atoms with Gasteiger partial charge >= 0.3 is 0 Å². The Morgan fingerprint density at radius 3 is 2.61 bits per heavy atom. The average Bonchev–Trinajstić information content (AvgIpc) is 3.19. The van der Waals surface area contributed by atoms with Gasteiger partial charge in [0.25, 0.3) is 0 Å². The quantitative estimate of drug-likeness (QED) is 0.611. The molecule has 5 rings (SSSR count). The van der Waals surface area contributed by atoms with Crippen LogP contribution in [0.25, 0.3) is 0 Å². The number of epoxide rings is 1. The number of hydrogen-bond donors (Lipinski definition) is 0. The summed E-state index contributed by atoms with van der Waals surface area (Å²) < 4.78 is 6.03. The van der Waals surface area contributed by atoms with Crippen LogP contribution in [0, 0.1) is 39.9 Å². The molecule has 0 N–H and O–H groups in total. The van der Waals surface area contributed by atoms with Gasteiger partial charge in [-0.2, -0.15) is 0 Å².